The van der Waals surface area contributed by atoms with Crippen LogP contribution >= 0.6 is 27.3 Å². The number of thiazole rings is 1. The van der Waals surface area contributed by atoms with Crippen LogP contribution in [0, 0.1) is 0 Å². The topological polar surface area (TPSA) is 80.1 Å². The Morgan fingerprint density at radius 3 is 2.84 bits per heavy atom. The van der Waals surface area contributed by atoms with Crippen molar-refractivity contribution in [1.29, 1.82) is 0 Å². The third kappa shape index (κ3) is 3.51. The van der Waals surface area contributed by atoms with Gasteiger partial charge in [0.15, 0.2) is 11.2 Å². The van der Waals surface area contributed by atoms with E-state index in [1.807, 2.05) is 0 Å². The van der Waals surface area contributed by atoms with Crippen molar-refractivity contribution in [2.24, 2.45) is 0 Å². The number of carbonyl (C=O) groups is 2. The molecular weight excluding hydrogens is 511 g/mol. The molecule has 166 valence electrons. The summed E-state index contributed by atoms with van der Waals surface area (Å²) in [5, 5.41) is 4.66. The van der Waals surface area contributed by atoms with E-state index in [0.29, 0.717) is 15.3 Å². The zero-order valence-electron chi connectivity index (χ0n) is 16.3. The van der Waals surface area contributed by atoms with Crippen molar-refractivity contribution < 1.29 is 22.8 Å². The van der Waals surface area contributed by atoms with Gasteiger partial charge in [-0.1, -0.05) is 15.9 Å². The van der Waals surface area contributed by atoms with Crippen molar-refractivity contribution in [2.75, 3.05) is 5.32 Å². The molecule has 7 nitrogen and oxygen atoms in total. The summed E-state index contributed by atoms with van der Waals surface area (Å²) in [5.41, 5.74) is 0.734. The number of aromatic nitrogens is 3. The molecule has 2 aliphatic heterocycles. The Kier molecular flexibility index (Phi) is 5.28. The molecule has 0 radical (unpaired) electrons. The number of imidazole rings is 1. The molecule has 5 rings (SSSR count). The largest absolute Gasteiger partial charge is 0.331 e. The Labute approximate surface area is 192 Å². The van der Waals surface area contributed by atoms with E-state index in [1.54, 1.807) is 9.95 Å². The highest BCUT2D eigenvalue weighted by molar-refractivity contribution is 9.10. The van der Waals surface area contributed by atoms with Crippen molar-refractivity contribution in [2.45, 2.75) is 38.1 Å². The quantitative estimate of drug-likeness (QED) is 0.539. The van der Waals surface area contributed by atoms with Crippen LogP contribution < -0.4 is 5.32 Å². The molecule has 2 aromatic heterocycles. The van der Waals surface area contributed by atoms with Gasteiger partial charge < -0.3 is 9.47 Å². The van der Waals surface area contributed by atoms with Crippen molar-refractivity contribution in [1.82, 2.24) is 19.4 Å². The van der Waals surface area contributed by atoms with Crippen LogP contribution in [0.25, 0.3) is 0 Å². The Bertz CT molecular complexity index is 1220. The highest BCUT2D eigenvalue weighted by Crippen LogP contribution is 2.39. The van der Waals surface area contributed by atoms with E-state index >= 15 is 0 Å². The normalized spacial score (nSPS) is 18.2. The van der Waals surface area contributed by atoms with Gasteiger partial charge in [-0.3, -0.25) is 14.9 Å². The number of benzene rings is 1. The second kappa shape index (κ2) is 8.00. The molecule has 12 heteroatoms. The van der Waals surface area contributed by atoms with E-state index in [0.717, 1.165) is 0 Å². The molecule has 4 heterocycles. The first-order chi connectivity index (χ1) is 15.3. The smallest absolute Gasteiger partial charge is 0.264 e. The van der Waals surface area contributed by atoms with Crippen LogP contribution in [-0.2, 0) is 24.3 Å². The van der Waals surface area contributed by atoms with Gasteiger partial charge in [-0.15, -0.1) is 11.3 Å². The second-order valence-electron chi connectivity index (χ2n) is 7.51. The number of hydrogen-bond donors (Lipinski definition) is 1. The van der Waals surface area contributed by atoms with Gasteiger partial charge in [0.25, 0.3) is 18.2 Å². The molecule has 2 aliphatic rings. The van der Waals surface area contributed by atoms with Crippen LogP contribution in [0.2, 0.25) is 0 Å². The predicted octanol–water partition coefficient (Wildman–Crippen LogP) is 4.27. The molecule has 2 amide bonds. The minimum absolute atomic E-state index is 0.0547. The summed E-state index contributed by atoms with van der Waals surface area (Å²) >= 11 is 4.37. The molecular formula is C20H15BrF3N5O2S. The number of carbonyl (C=O) groups excluding carboxylic acids is 2. The van der Waals surface area contributed by atoms with E-state index < -0.39 is 30.5 Å². The number of hydrogen-bond acceptors (Lipinski definition) is 5. The van der Waals surface area contributed by atoms with Gasteiger partial charge in [0.2, 0.25) is 0 Å². The van der Waals surface area contributed by atoms with Crippen LogP contribution in [-0.4, -0.2) is 37.4 Å². The first-order valence-corrected chi connectivity index (χ1v) is 11.3. The van der Waals surface area contributed by atoms with E-state index in [1.165, 1.54) is 40.9 Å². The number of anilines is 1. The summed E-state index contributed by atoms with van der Waals surface area (Å²) in [5.74, 6) is -1.17. The van der Waals surface area contributed by atoms with Crippen LogP contribution in [0.3, 0.4) is 0 Å². The summed E-state index contributed by atoms with van der Waals surface area (Å²) in [6.07, 6.45) is -0.911. The Hall–Kier alpha value is -2.73. The second-order valence-corrected chi connectivity index (χ2v) is 9.32. The van der Waals surface area contributed by atoms with Crippen molar-refractivity contribution in [3.8, 4) is 0 Å². The zero-order valence-corrected chi connectivity index (χ0v) is 18.7. The maximum absolute atomic E-state index is 14.0. The average molecular weight is 526 g/mol. The number of rotatable bonds is 5. The Balaban J connectivity index is 1.57. The molecule has 32 heavy (non-hydrogen) atoms. The molecule has 0 saturated carbocycles. The summed E-state index contributed by atoms with van der Waals surface area (Å²) in [6, 6.07) is 1.51. The van der Waals surface area contributed by atoms with E-state index in [2.05, 4.69) is 31.2 Å². The summed E-state index contributed by atoms with van der Waals surface area (Å²) in [4.78, 5) is 36.2. The van der Waals surface area contributed by atoms with E-state index in [-0.39, 0.29) is 41.9 Å². The van der Waals surface area contributed by atoms with Gasteiger partial charge in [0.05, 0.1) is 18.6 Å². The lowest BCUT2D eigenvalue weighted by atomic mass is 10.0. The van der Waals surface area contributed by atoms with E-state index in [4.69, 9.17) is 0 Å². The zero-order chi connectivity index (χ0) is 22.6. The highest BCUT2D eigenvalue weighted by Gasteiger charge is 2.43. The van der Waals surface area contributed by atoms with Crippen LogP contribution in [0.4, 0.5) is 18.3 Å². The minimum Gasteiger partial charge on any atom is -0.331 e. The summed E-state index contributed by atoms with van der Waals surface area (Å²) < 4.78 is 43.3. The lowest BCUT2D eigenvalue weighted by Crippen LogP contribution is -2.38. The van der Waals surface area contributed by atoms with Gasteiger partial charge in [-0.25, -0.2) is 23.1 Å². The number of nitrogens with one attached hydrogen (secondary N) is 1. The maximum Gasteiger partial charge on any atom is 0.264 e. The molecule has 0 fully saturated rings. The van der Waals surface area contributed by atoms with E-state index in [9.17, 15) is 22.8 Å². The fourth-order valence-electron chi connectivity index (χ4n) is 4.22. The minimum atomic E-state index is -2.79. The third-order valence-corrected chi connectivity index (χ3v) is 6.72. The number of nitrogens with zero attached hydrogens (tertiary/aromatic N) is 4. The number of alkyl halides is 3. The van der Waals surface area contributed by atoms with Crippen molar-refractivity contribution in [3.05, 3.63) is 62.6 Å². The number of fused-ring (bicyclic) bond motifs is 2. The molecule has 1 unspecified atom stereocenters. The van der Waals surface area contributed by atoms with Crippen LogP contribution in [0.15, 0.2) is 34.5 Å². The molecule has 1 N–H and O–H groups in total. The number of halogens is 4. The number of amides is 2. The molecule has 0 spiro atoms. The monoisotopic (exact) mass is 525 g/mol. The van der Waals surface area contributed by atoms with Gasteiger partial charge in [0, 0.05) is 45.8 Å². The molecule has 0 aliphatic carbocycles. The SMILES string of the molecule is O=C(Nc1nccs1)C(c1ncn2c1C[C@@H](F)C2)N1Cc2c(cc(Br)cc2C(F)F)C1=O. The highest BCUT2D eigenvalue weighted by atomic mass is 79.9. The summed E-state index contributed by atoms with van der Waals surface area (Å²) in [7, 11) is 0. The average Bonchev–Trinajstić information content (AvgIpc) is 3.50. The molecule has 2 atom stereocenters. The van der Waals surface area contributed by atoms with Crippen LogP contribution in [0.1, 0.15) is 45.3 Å². The van der Waals surface area contributed by atoms with Gasteiger partial charge in [0.1, 0.15) is 6.17 Å². The molecule has 1 aromatic carbocycles. The Morgan fingerprint density at radius 2 is 2.12 bits per heavy atom. The Morgan fingerprint density at radius 1 is 1.31 bits per heavy atom. The first-order valence-electron chi connectivity index (χ1n) is 9.63. The standard InChI is InChI=1S/C20H15BrF3N5O2S/c21-9-3-11(17(23)24)13-7-29(19(31)12(13)4-9)16(18(30)27-20-25-1-2-32-20)15-14-5-10(22)6-28(14)8-26-15/h1-4,8,10,16-17H,5-7H2,(H,25,27,30)/t10-,16?/m1/s1. The molecule has 0 saturated heterocycles. The van der Waals surface area contributed by atoms with Crippen molar-refractivity contribution in [3.63, 3.8) is 0 Å². The lowest BCUT2D eigenvalue weighted by molar-refractivity contribution is -0.121. The third-order valence-electron chi connectivity index (χ3n) is 5.57. The first kappa shape index (κ1) is 21.1. The molecule has 0 bridgehead atoms. The summed E-state index contributed by atoms with van der Waals surface area (Å²) in [6.45, 7) is -0.0811. The predicted molar refractivity (Wildman–Crippen MR) is 113 cm³/mol. The van der Waals surface area contributed by atoms with Gasteiger partial charge in [-0.05, 0) is 17.7 Å². The molecule has 3 aromatic rings. The maximum atomic E-state index is 14.0. The van der Waals surface area contributed by atoms with Crippen LogP contribution in [0.5, 0.6) is 0 Å². The lowest BCUT2D eigenvalue weighted by Gasteiger charge is -2.26. The fourth-order valence-corrected chi connectivity index (χ4v) is 5.22. The van der Waals surface area contributed by atoms with Crippen molar-refractivity contribution >= 4 is 44.2 Å². The fraction of sp³-hybridized carbons (Fsp3) is 0.300. The van der Waals surface area contributed by atoms with Gasteiger partial charge >= 0.3 is 0 Å². The van der Waals surface area contributed by atoms with Gasteiger partial charge in [-0.2, -0.15) is 0 Å².